The van der Waals surface area contributed by atoms with E-state index in [4.69, 9.17) is 33.9 Å². The molecular weight excluding hydrogens is 1200 g/mol. The maximum absolute atomic E-state index is 12.6. The predicted octanol–water partition coefficient (Wildman–Crippen LogP) is 14.1. The molecule has 23 heteroatoms. The van der Waals surface area contributed by atoms with Crippen molar-refractivity contribution in [3.05, 3.63) is 115 Å². The maximum atomic E-state index is 12.6. The van der Waals surface area contributed by atoms with Crippen LogP contribution < -0.4 is 21.5 Å². The number of azo groups is 1. The third kappa shape index (κ3) is 18.3. The third-order valence-electron chi connectivity index (χ3n) is 17.7. The van der Waals surface area contributed by atoms with Gasteiger partial charge >= 0.3 is 12.2 Å². The van der Waals surface area contributed by atoms with Gasteiger partial charge in [-0.2, -0.15) is 5.11 Å². The lowest BCUT2D eigenvalue weighted by Gasteiger charge is -2.25. The maximum Gasteiger partial charge on any atom is 0.452 e. The van der Waals surface area contributed by atoms with Crippen LogP contribution in [0, 0.1) is 23.7 Å². The number of amides is 2. The van der Waals surface area contributed by atoms with Crippen LogP contribution in [0.3, 0.4) is 0 Å². The molecule has 0 bridgehead atoms. The van der Waals surface area contributed by atoms with Crippen molar-refractivity contribution in [3.63, 3.8) is 0 Å². The van der Waals surface area contributed by atoms with Gasteiger partial charge < -0.3 is 59.3 Å². The highest BCUT2D eigenvalue weighted by atomic mass is 16.8. The van der Waals surface area contributed by atoms with E-state index in [-0.39, 0.29) is 58.6 Å². The van der Waals surface area contributed by atoms with E-state index in [2.05, 4.69) is 118 Å². The minimum absolute atomic E-state index is 0. The first-order valence-corrected chi connectivity index (χ1v) is 32.5. The Morgan fingerprint density at radius 1 is 0.674 bits per heavy atom. The number of hydrogen-bond acceptors (Lipinski definition) is 19. The number of anilines is 3. The second-order valence-electron chi connectivity index (χ2n) is 27.8. The van der Waals surface area contributed by atoms with Gasteiger partial charge in [0.2, 0.25) is 0 Å². The van der Waals surface area contributed by atoms with Crippen molar-refractivity contribution in [1.29, 1.82) is 0 Å². The Hall–Kier alpha value is -7.96. The Labute approximate surface area is 560 Å². The Bertz CT molecular complexity index is 3910. The van der Waals surface area contributed by atoms with Gasteiger partial charge in [0.25, 0.3) is 0 Å². The first-order chi connectivity index (χ1) is 44.0. The molecule has 4 aliphatic carbocycles. The van der Waals surface area contributed by atoms with Crippen molar-refractivity contribution in [2.45, 2.75) is 202 Å². The first-order valence-electron chi connectivity index (χ1n) is 32.5. The average Bonchev–Trinajstić information content (AvgIpc) is 1.60. The normalized spacial score (nSPS) is 21.9. The van der Waals surface area contributed by atoms with E-state index in [9.17, 15) is 19.8 Å². The lowest BCUT2D eigenvalue weighted by atomic mass is 9.95. The summed E-state index contributed by atoms with van der Waals surface area (Å²) in [6, 6.07) is 25.3. The Morgan fingerprint density at radius 2 is 1.19 bits per heavy atom. The SMILES string of the molecule is C.C.C.CN(Cc1ncnc2c1ccn2[C@@H]1C[C@H](CCc2ccc3ccc(NCC4CC4)nc3c2)[C@H]2OC(C)(C)O[C@H]21)C(=O)OC(C)(C)C.CN=NC(=O)OC(C)(C)C.CNNc1ncnc2c1ccn2[C@@H]1C[C@H](CCc2ccc3ccc(NCC4CC4)nc3c2)[C@@H](O)[C@H]1O. The predicted molar refractivity (Wildman–Crippen MR) is 375 cm³/mol. The molecule has 0 unspecified atom stereocenters. The molecule has 0 radical (unpaired) electrons. The van der Waals surface area contributed by atoms with Crippen LogP contribution in [0.1, 0.15) is 158 Å². The smallest absolute Gasteiger partial charge is 0.444 e. The number of benzene rings is 2. The van der Waals surface area contributed by atoms with Gasteiger partial charge in [0.05, 0.1) is 52.9 Å². The molecule has 5 aliphatic rings. The molecular formula is C72H103N15O8. The summed E-state index contributed by atoms with van der Waals surface area (Å²) in [6.45, 7) is 17.2. The molecule has 0 spiro atoms. The minimum Gasteiger partial charge on any atom is -0.444 e. The molecule has 8 aromatic rings. The van der Waals surface area contributed by atoms with Crippen LogP contribution >= 0.6 is 0 Å². The van der Waals surface area contributed by atoms with E-state index in [1.54, 1.807) is 46.1 Å². The highest BCUT2D eigenvalue weighted by Gasteiger charge is 2.54. The second-order valence-corrected chi connectivity index (χ2v) is 27.8. The van der Waals surface area contributed by atoms with Crippen LogP contribution in [-0.4, -0.2) is 142 Å². The molecule has 13 rings (SSSR count). The zero-order chi connectivity index (χ0) is 65.1. The van der Waals surface area contributed by atoms with E-state index < -0.39 is 35.3 Å². The number of pyridine rings is 2. The molecule has 1 aliphatic heterocycles. The number of hydrazine groups is 1. The zero-order valence-corrected chi connectivity index (χ0v) is 55.0. The van der Waals surface area contributed by atoms with Gasteiger partial charge in [-0.25, -0.2) is 44.9 Å². The third-order valence-corrected chi connectivity index (χ3v) is 17.7. The van der Waals surface area contributed by atoms with Gasteiger partial charge in [0, 0.05) is 62.8 Å². The number of fused-ring (bicyclic) bond motifs is 5. The average molecular weight is 1310 g/mol. The van der Waals surface area contributed by atoms with Crippen LogP contribution in [0.2, 0.25) is 0 Å². The Kier molecular flexibility index (Phi) is 23.7. The number of rotatable bonds is 18. The molecule has 1 saturated heterocycles. The van der Waals surface area contributed by atoms with Crippen molar-refractivity contribution >= 4 is 73.5 Å². The molecule has 7 heterocycles. The van der Waals surface area contributed by atoms with E-state index >= 15 is 0 Å². The number of nitrogens with one attached hydrogen (secondary N) is 4. The molecule has 6 N–H and O–H groups in total. The summed E-state index contributed by atoms with van der Waals surface area (Å²) in [4.78, 5) is 52.5. The van der Waals surface area contributed by atoms with E-state index in [1.165, 1.54) is 50.2 Å². The minimum atomic E-state index is -0.848. The lowest BCUT2D eigenvalue weighted by molar-refractivity contribution is -0.160. The fraction of sp³-hybridized carbons (Fsp3) is 0.556. The summed E-state index contributed by atoms with van der Waals surface area (Å²) in [5.74, 6) is 3.84. The van der Waals surface area contributed by atoms with Crippen LogP contribution in [0.25, 0.3) is 43.9 Å². The highest BCUT2D eigenvalue weighted by molar-refractivity contribution is 5.87. The number of hydrogen-bond donors (Lipinski definition) is 6. The Balaban J connectivity index is 0.000000211. The van der Waals surface area contributed by atoms with Gasteiger partial charge in [0.1, 0.15) is 59.0 Å². The molecule has 514 valence electrons. The molecule has 6 aromatic heterocycles. The van der Waals surface area contributed by atoms with Crippen molar-refractivity contribution < 1.29 is 38.7 Å². The van der Waals surface area contributed by atoms with Crippen LogP contribution in [0.5, 0.6) is 0 Å². The summed E-state index contributed by atoms with van der Waals surface area (Å²) >= 11 is 0. The van der Waals surface area contributed by atoms with Crippen molar-refractivity contribution in [3.8, 4) is 0 Å². The zero-order valence-electron chi connectivity index (χ0n) is 55.0. The van der Waals surface area contributed by atoms with Gasteiger partial charge in [-0.05, 0) is 203 Å². The summed E-state index contributed by atoms with van der Waals surface area (Å²) in [6.07, 6.45) is 14.8. The number of aromatic nitrogens is 8. The quantitative estimate of drug-likeness (QED) is 0.0344. The first kappa shape index (κ1) is 72.9. The largest absolute Gasteiger partial charge is 0.452 e. The molecule has 4 saturated carbocycles. The van der Waals surface area contributed by atoms with Gasteiger partial charge in [0.15, 0.2) is 11.6 Å². The molecule has 95 heavy (non-hydrogen) atoms. The van der Waals surface area contributed by atoms with E-state index in [1.807, 2.05) is 57.5 Å². The number of ether oxygens (including phenoxy) is 4. The number of aryl methyl sites for hydroxylation is 2. The second kappa shape index (κ2) is 30.8. The highest BCUT2D eigenvalue weighted by Crippen LogP contribution is 2.49. The fourth-order valence-electron chi connectivity index (χ4n) is 12.8. The summed E-state index contributed by atoms with van der Waals surface area (Å²) in [5, 5.41) is 39.3. The van der Waals surface area contributed by atoms with Gasteiger partial charge in [-0.15, -0.1) is 0 Å². The molecule has 23 nitrogen and oxygen atoms in total. The van der Waals surface area contributed by atoms with Crippen molar-refractivity contribution in [1.82, 2.24) is 49.4 Å². The summed E-state index contributed by atoms with van der Waals surface area (Å²) in [5.41, 5.74) is 11.7. The molecule has 2 aromatic carbocycles. The summed E-state index contributed by atoms with van der Waals surface area (Å²) < 4.78 is 27.6. The van der Waals surface area contributed by atoms with Gasteiger partial charge in [-0.1, -0.05) is 51.7 Å². The standard InChI is InChI=1S/C36H46N6O4.C27H33N7O2.C6H12N2O2.3CH4/c1-35(2,3)46-34(43)41(6)20-28-26-15-16-42(33(26)39-21-38-28)29-18-25(31-32(29)45-36(4,5)44-31)12-10-22-9-11-24-13-14-30(40-27(24)17-22)37-19-23-7-8-23;1-28-33-26-20-10-11-34(27(20)31-15-30-26)22-13-19(24(35)25(22)36)7-5-16-4-6-18-8-9-23(32-21(18)12-16)29-14-17-2-3-17;1-6(2,3)10-5(9)8-7-4;;;/h9,11,13-17,21,23,25,29,31-32H,7-8,10,12,18-20H2,1-6H3,(H,37,40);4,6,8-12,15,17,19,22,24-25,28,35-36H,2-3,5,7,13-14H2,1H3,(H,29,32)(H,30,31,33);1-4H3;3*1H4/t25-,29+,31+,32-;19-,22+,24+,25-;;;;/m00..../s1. The van der Waals surface area contributed by atoms with E-state index in [0.717, 1.165) is 118 Å². The number of carbonyl (C=O) groups excluding carboxylic acids is 2. The number of nitrogens with zero attached hydrogens (tertiary/aromatic N) is 11. The fourth-order valence-corrected chi connectivity index (χ4v) is 12.8. The summed E-state index contributed by atoms with van der Waals surface area (Å²) in [7, 11) is 4.93. The Morgan fingerprint density at radius 3 is 1.75 bits per heavy atom. The van der Waals surface area contributed by atoms with Crippen LogP contribution in [0.4, 0.5) is 27.0 Å². The van der Waals surface area contributed by atoms with Crippen LogP contribution in [-0.2, 0) is 38.3 Å². The monoisotopic (exact) mass is 1310 g/mol. The van der Waals surface area contributed by atoms with Gasteiger partial charge in [-0.3, -0.25) is 0 Å². The van der Waals surface area contributed by atoms with Crippen molar-refractivity contribution in [2.24, 2.45) is 33.9 Å². The number of aliphatic hydroxyl groups is 2. The topological polar surface area (TPSA) is 275 Å². The van der Waals surface area contributed by atoms with Crippen molar-refractivity contribution in [2.75, 3.05) is 50.3 Å². The number of aliphatic hydroxyl groups excluding tert-OH is 2. The molecule has 2 amide bonds. The lowest BCUT2D eigenvalue weighted by Crippen LogP contribution is -2.34. The van der Waals surface area contributed by atoms with E-state index in [0.29, 0.717) is 24.7 Å². The molecule has 5 fully saturated rings. The number of carbonyl (C=O) groups is 2. The van der Waals surface area contributed by atoms with Crippen LogP contribution in [0.15, 0.2) is 108 Å². The molecule has 8 atom stereocenters.